The predicted octanol–water partition coefficient (Wildman–Crippen LogP) is 2.28. The minimum Gasteiger partial charge on any atom is -0.399 e. The summed E-state index contributed by atoms with van der Waals surface area (Å²) in [6.45, 7) is 3.98. The summed E-state index contributed by atoms with van der Waals surface area (Å²) in [6.07, 6.45) is 0. The number of benzene rings is 2. The third-order valence-corrected chi connectivity index (χ3v) is 3.81. The first-order valence-corrected chi connectivity index (χ1v) is 7.58. The first-order valence-electron chi connectivity index (χ1n) is 6.03. The fourth-order valence-corrected chi connectivity index (χ4v) is 2.56. The largest absolute Gasteiger partial charge is 0.399 e. The molecule has 0 aliphatic heterocycles. The van der Waals surface area contributed by atoms with Crippen LogP contribution in [0, 0.1) is 13.8 Å². The van der Waals surface area contributed by atoms with Crippen LogP contribution in [0.25, 0.3) is 0 Å². The second kappa shape index (κ2) is 5.15. The highest BCUT2D eigenvalue weighted by molar-refractivity contribution is 7.89. The van der Waals surface area contributed by atoms with E-state index in [2.05, 4.69) is 5.32 Å². The van der Waals surface area contributed by atoms with Gasteiger partial charge in [-0.1, -0.05) is 17.7 Å². The minimum atomic E-state index is -3.78. The van der Waals surface area contributed by atoms with Gasteiger partial charge in [0, 0.05) is 17.1 Å². The van der Waals surface area contributed by atoms with Gasteiger partial charge < -0.3 is 11.1 Å². The van der Waals surface area contributed by atoms with Gasteiger partial charge in [-0.3, -0.25) is 0 Å². The van der Waals surface area contributed by atoms with Crippen molar-refractivity contribution in [3.8, 4) is 0 Å². The van der Waals surface area contributed by atoms with Crippen LogP contribution in [0.4, 0.5) is 17.1 Å². The second-order valence-electron chi connectivity index (χ2n) is 4.78. The number of rotatable bonds is 3. The Kier molecular flexibility index (Phi) is 3.69. The van der Waals surface area contributed by atoms with Crippen LogP contribution in [0.15, 0.2) is 41.3 Å². The lowest BCUT2D eigenvalue weighted by Crippen LogP contribution is -2.12. The summed E-state index contributed by atoms with van der Waals surface area (Å²) >= 11 is 0. The highest BCUT2D eigenvalue weighted by atomic mass is 32.2. The number of hydrogen-bond donors (Lipinski definition) is 3. The lowest BCUT2D eigenvalue weighted by Gasteiger charge is -2.12. The highest BCUT2D eigenvalue weighted by Gasteiger charge is 2.10. The van der Waals surface area contributed by atoms with Gasteiger partial charge in [-0.2, -0.15) is 0 Å². The Morgan fingerprint density at radius 2 is 1.75 bits per heavy atom. The van der Waals surface area contributed by atoms with Crippen LogP contribution in [-0.4, -0.2) is 8.42 Å². The van der Waals surface area contributed by atoms with Crippen molar-refractivity contribution in [2.45, 2.75) is 18.7 Å². The third kappa shape index (κ3) is 3.28. The van der Waals surface area contributed by atoms with Gasteiger partial charge in [0.1, 0.15) is 0 Å². The molecule has 2 aromatic carbocycles. The van der Waals surface area contributed by atoms with E-state index in [1.807, 2.05) is 32.0 Å². The number of anilines is 3. The molecule has 6 heteroatoms. The second-order valence-corrected chi connectivity index (χ2v) is 6.34. The lowest BCUT2D eigenvalue weighted by molar-refractivity contribution is 0.598. The molecular formula is C14H17N3O2S. The van der Waals surface area contributed by atoms with E-state index < -0.39 is 10.0 Å². The number of nitrogen functional groups attached to an aromatic ring is 1. The van der Waals surface area contributed by atoms with Crippen LogP contribution in [-0.2, 0) is 10.0 Å². The zero-order valence-electron chi connectivity index (χ0n) is 11.3. The molecule has 0 spiro atoms. The van der Waals surface area contributed by atoms with Crippen molar-refractivity contribution in [1.29, 1.82) is 0 Å². The van der Waals surface area contributed by atoms with Gasteiger partial charge in [-0.25, -0.2) is 13.6 Å². The van der Waals surface area contributed by atoms with E-state index in [0.717, 1.165) is 16.8 Å². The van der Waals surface area contributed by atoms with Crippen LogP contribution in [0.2, 0.25) is 0 Å². The van der Waals surface area contributed by atoms with Crippen molar-refractivity contribution in [2.75, 3.05) is 11.1 Å². The summed E-state index contributed by atoms with van der Waals surface area (Å²) in [6, 6.07) is 10.4. The molecular weight excluding hydrogens is 274 g/mol. The number of hydrogen-bond acceptors (Lipinski definition) is 4. The Labute approximate surface area is 118 Å². The average molecular weight is 291 g/mol. The topological polar surface area (TPSA) is 98.2 Å². The van der Waals surface area contributed by atoms with E-state index in [1.165, 1.54) is 12.1 Å². The van der Waals surface area contributed by atoms with E-state index >= 15 is 0 Å². The maximum atomic E-state index is 11.4. The first kappa shape index (κ1) is 14.4. The smallest absolute Gasteiger partial charge is 0.238 e. The third-order valence-electron chi connectivity index (χ3n) is 2.92. The maximum absolute atomic E-state index is 11.4. The zero-order valence-corrected chi connectivity index (χ0v) is 12.2. The molecule has 5 nitrogen and oxygen atoms in total. The Hall–Kier alpha value is -2.05. The normalized spacial score (nSPS) is 11.3. The number of primary sulfonamides is 1. The molecule has 0 amide bonds. The zero-order chi connectivity index (χ0) is 14.9. The van der Waals surface area contributed by atoms with Crippen molar-refractivity contribution in [1.82, 2.24) is 0 Å². The van der Waals surface area contributed by atoms with Gasteiger partial charge in [-0.15, -0.1) is 0 Å². The van der Waals surface area contributed by atoms with Gasteiger partial charge in [-0.05, 0) is 43.7 Å². The van der Waals surface area contributed by atoms with Crippen molar-refractivity contribution in [3.63, 3.8) is 0 Å². The van der Waals surface area contributed by atoms with E-state index in [0.29, 0.717) is 11.4 Å². The van der Waals surface area contributed by atoms with Crippen LogP contribution in [0.1, 0.15) is 11.1 Å². The molecule has 0 aromatic heterocycles. The Bertz CT molecular complexity index is 755. The summed E-state index contributed by atoms with van der Waals surface area (Å²) in [5, 5.41) is 8.28. The predicted molar refractivity (Wildman–Crippen MR) is 81.4 cm³/mol. The van der Waals surface area contributed by atoms with Gasteiger partial charge in [0.2, 0.25) is 10.0 Å². The fourth-order valence-electron chi connectivity index (χ4n) is 1.97. The van der Waals surface area contributed by atoms with E-state index in [1.54, 1.807) is 6.07 Å². The molecule has 2 rings (SSSR count). The molecule has 106 valence electrons. The summed E-state index contributed by atoms with van der Waals surface area (Å²) < 4.78 is 22.8. The number of sulfonamides is 1. The van der Waals surface area contributed by atoms with Crippen molar-refractivity contribution in [3.05, 3.63) is 47.5 Å². The summed E-state index contributed by atoms with van der Waals surface area (Å²) in [5.41, 5.74) is 9.74. The van der Waals surface area contributed by atoms with Gasteiger partial charge in [0.05, 0.1) is 4.90 Å². The van der Waals surface area contributed by atoms with Crippen LogP contribution >= 0.6 is 0 Å². The van der Waals surface area contributed by atoms with Crippen LogP contribution < -0.4 is 16.2 Å². The molecule has 0 unspecified atom stereocenters. The Balaban J connectivity index is 2.41. The monoisotopic (exact) mass is 291 g/mol. The molecule has 0 heterocycles. The molecule has 0 aliphatic carbocycles. The molecule has 0 fully saturated rings. The number of nitrogens with one attached hydrogen (secondary N) is 1. The molecule has 2 aromatic rings. The standard InChI is InChI=1S/C14H17N3O2S/c1-9-3-4-14(10(2)5-9)17-12-6-11(15)7-13(8-12)20(16,18)19/h3-8,17H,15H2,1-2H3,(H2,16,18,19). The number of nitrogens with two attached hydrogens (primary N) is 2. The van der Waals surface area contributed by atoms with Gasteiger partial charge in [0.15, 0.2) is 0 Å². The molecule has 20 heavy (non-hydrogen) atoms. The average Bonchev–Trinajstić information content (AvgIpc) is 2.31. The molecule has 0 radical (unpaired) electrons. The number of aryl methyl sites for hydroxylation is 2. The molecule has 5 N–H and O–H groups in total. The van der Waals surface area contributed by atoms with Crippen molar-refractivity contribution in [2.24, 2.45) is 5.14 Å². The lowest BCUT2D eigenvalue weighted by atomic mass is 10.1. The van der Waals surface area contributed by atoms with Crippen molar-refractivity contribution < 1.29 is 8.42 Å². The quantitative estimate of drug-likeness (QED) is 0.755. The fraction of sp³-hybridized carbons (Fsp3) is 0.143. The molecule has 0 bridgehead atoms. The summed E-state index contributed by atoms with van der Waals surface area (Å²) in [7, 11) is -3.78. The van der Waals surface area contributed by atoms with Crippen LogP contribution in [0.5, 0.6) is 0 Å². The Morgan fingerprint density at radius 1 is 1.05 bits per heavy atom. The first-order chi connectivity index (χ1) is 9.25. The highest BCUT2D eigenvalue weighted by Crippen LogP contribution is 2.25. The van der Waals surface area contributed by atoms with Gasteiger partial charge in [0.25, 0.3) is 0 Å². The summed E-state index contributed by atoms with van der Waals surface area (Å²) in [4.78, 5) is -0.00948. The Morgan fingerprint density at radius 3 is 2.35 bits per heavy atom. The van der Waals surface area contributed by atoms with E-state index in [4.69, 9.17) is 10.9 Å². The molecule has 0 saturated heterocycles. The van der Waals surface area contributed by atoms with E-state index in [9.17, 15) is 8.42 Å². The van der Waals surface area contributed by atoms with Gasteiger partial charge >= 0.3 is 0 Å². The van der Waals surface area contributed by atoms with Crippen LogP contribution in [0.3, 0.4) is 0 Å². The SMILES string of the molecule is Cc1ccc(Nc2cc(N)cc(S(N)(=O)=O)c2)c(C)c1. The molecule has 0 atom stereocenters. The molecule has 0 saturated carbocycles. The van der Waals surface area contributed by atoms with E-state index in [-0.39, 0.29) is 4.90 Å². The summed E-state index contributed by atoms with van der Waals surface area (Å²) in [5.74, 6) is 0. The minimum absolute atomic E-state index is 0.00948. The maximum Gasteiger partial charge on any atom is 0.238 e. The molecule has 0 aliphatic rings. The van der Waals surface area contributed by atoms with Crippen molar-refractivity contribution >= 4 is 27.1 Å².